The Kier molecular flexibility index (Phi) is 1.54. The Balaban J connectivity index is 2.20. The van der Waals surface area contributed by atoms with Gasteiger partial charge in [-0.2, -0.15) is 0 Å². The number of rotatable bonds is 2. The van der Waals surface area contributed by atoms with Gasteiger partial charge >= 0.3 is 0 Å². The highest BCUT2D eigenvalue weighted by Crippen LogP contribution is 2.39. The highest BCUT2D eigenvalue weighted by atomic mass is 15.0. The lowest BCUT2D eigenvalue weighted by Crippen LogP contribution is -1.88. The summed E-state index contributed by atoms with van der Waals surface area (Å²) in [7, 11) is 1.93. The molecule has 0 saturated heterocycles. The summed E-state index contributed by atoms with van der Waals surface area (Å²) < 4.78 is 0. The molecule has 0 spiro atoms. The van der Waals surface area contributed by atoms with E-state index in [-0.39, 0.29) is 0 Å². The smallest absolute Gasteiger partial charge is 0.112 e. The number of para-hydroxylation sites is 1. The van der Waals surface area contributed by atoms with E-state index in [0.29, 0.717) is 5.92 Å². The Hall–Kier alpha value is -1.51. The van der Waals surface area contributed by atoms with E-state index in [1.807, 2.05) is 13.1 Å². The highest BCUT2D eigenvalue weighted by molar-refractivity contribution is 5.88. The predicted octanol–water partition coefficient (Wildman–Crippen LogP) is 2.48. The van der Waals surface area contributed by atoms with Gasteiger partial charge in [-0.05, 0) is 25.0 Å². The Morgan fingerprint density at radius 2 is 2.29 bits per heavy atom. The third kappa shape index (κ3) is 1.09. The Morgan fingerprint density at radius 1 is 1.43 bits per heavy atom. The van der Waals surface area contributed by atoms with E-state index in [1.165, 1.54) is 12.8 Å². The van der Waals surface area contributed by atoms with Crippen molar-refractivity contribution in [3.05, 3.63) is 24.0 Å². The first-order valence-corrected chi connectivity index (χ1v) is 5.05. The van der Waals surface area contributed by atoms with Gasteiger partial charge in [-0.15, -0.1) is 0 Å². The van der Waals surface area contributed by atoms with Crippen molar-refractivity contribution in [1.29, 1.82) is 0 Å². The molecule has 0 aliphatic heterocycles. The van der Waals surface area contributed by atoms with Gasteiger partial charge in [0.05, 0.1) is 11.2 Å². The molecule has 1 aliphatic rings. The minimum Gasteiger partial charge on any atom is -0.386 e. The van der Waals surface area contributed by atoms with Crippen molar-refractivity contribution in [2.75, 3.05) is 12.4 Å². The van der Waals surface area contributed by atoms with Gasteiger partial charge in [0.25, 0.3) is 0 Å². The molecule has 1 heterocycles. The Morgan fingerprint density at radius 3 is 3.00 bits per heavy atom. The molecular weight excluding hydrogens is 174 g/mol. The van der Waals surface area contributed by atoms with Gasteiger partial charge in [0.2, 0.25) is 0 Å². The van der Waals surface area contributed by atoms with Crippen LogP contribution >= 0.6 is 0 Å². The van der Waals surface area contributed by atoms with Crippen LogP contribution in [0.2, 0.25) is 0 Å². The number of aromatic amines is 1. The van der Waals surface area contributed by atoms with Crippen molar-refractivity contribution in [3.63, 3.8) is 0 Å². The first-order valence-electron chi connectivity index (χ1n) is 5.05. The summed E-state index contributed by atoms with van der Waals surface area (Å²) in [4.78, 5) is 8.01. The average Bonchev–Trinajstić information content (AvgIpc) is 2.97. The number of anilines is 1. The third-order valence-corrected chi connectivity index (χ3v) is 2.76. The van der Waals surface area contributed by atoms with Crippen LogP contribution in [0.3, 0.4) is 0 Å². The molecule has 0 bridgehead atoms. The molecule has 1 aliphatic carbocycles. The molecule has 3 nitrogen and oxygen atoms in total. The fourth-order valence-electron chi connectivity index (χ4n) is 1.80. The van der Waals surface area contributed by atoms with Crippen molar-refractivity contribution in [2.45, 2.75) is 18.8 Å². The summed E-state index contributed by atoms with van der Waals surface area (Å²) in [5.74, 6) is 1.84. The summed E-state index contributed by atoms with van der Waals surface area (Å²) in [5.41, 5.74) is 3.31. The maximum Gasteiger partial charge on any atom is 0.112 e. The molecule has 0 amide bonds. The average molecular weight is 187 g/mol. The van der Waals surface area contributed by atoms with Crippen molar-refractivity contribution in [2.24, 2.45) is 0 Å². The van der Waals surface area contributed by atoms with E-state index in [2.05, 4.69) is 27.4 Å². The molecule has 72 valence electrons. The third-order valence-electron chi connectivity index (χ3n) is 2.76. The quantitative estimate of drug-likeness (QED) is 0.758. The molecule has 14 heavy (non-hydrogen) atoms. The maximum absolute atomic E-state index is 4.63. The number of benzene rings is 1. The van der Waals surface area contributed by atoms with Crippen LogP contribution < -0.4 is 5.32 Å². The lowest BCUT2D eigenvalue weighted by atomic mass is 10.3. The maximum atomic E-state index is 4.63. The van der Waals surface area contributed by atoms with E-state index in [0.717, 1.165) is 22.5 Å². The highest BCUT2D eigenvalue weighted by Gasteiger charge is 2.26. The largest absolute Gasteiger partial charge is 0.386 e. The molecule has 0 radical (unpaired) electrons. The van der Waals surface area contributed by atoms with E-state index in [9.17, 15) is 0 Å². The second kappa shape index (κ2) is 2.74. The van der Waals surface area contributed by atoms with Crippen LogP contribution in [0.1, 0.15) is 24.6 Å². The number of nitrogens with one attached hydrogen (secondary N) is 2. The SMILES string of the molecule is CNc1cccc2[nH]c(C3CC3)nc12. The number of imidazole rings is 1. The molecular formula is C11H13N3. The summed E-state index contributed by atoms with van der Waals surface area (Å²) in [6.07, 6.45) is 2.57. The van der Waals surface area contributed by atoms with Gasteiger partial charge in [0, 0.05) is 13.0 Å². The van der Waals surface area contributed by atoms with Crippen molar-refractivity contribution >= 4 is 16.7 Å². The Bertz CT molecular complexity index is 468. The number of nitrogens with zero attached hydrogens (tertiary/aromatic N) is 1. The van der Waals surface area contributed by atoms with E-state index < -0.39 is 0 Å². The van der Waals surface area contributed by atoms with Gasteiger partial charge in [-0.25, -0.2) is 4.98 Å². The zero-order chi connectivity index (χ0) is 9.54. The van der Waals surface area contributed by atoms with Crippen LogP contribution in [0.15, 0.2) is 18.2 Å². The predicted molar refractivity (Wildman–Crippen MR) is 57.6 cm³/mol. The van der Waals surface area contributed by atoms with Crippen molar-refractivity contribution in [3.8, 4) is 0 Å². The minimum absolute atomic E-state index is 0.687. The number of aromatic nitrogens is 2. The van der Waals surface area contributed by atoms with Crippen LogP contribution in [-0.4, -0.2) is 17.0 Å². The van der Waals surface area contributed by atoms with Crippen LogP contribution in [0, 0.1) is 0 Å². The molecule has 1 aromatic heterocycles. The normalized spacial score (nSPS) is 16.1. The molecule has 2 N–H and O–H groups in total. The van der Waals surface area contributed by atoms with Gasteiger partial charge < -0.3 is 10.3 Å². The van der Waals surface area contributed by atoms with Gasteiger partial charge in [0.1, 0.15) is 11.3 Å². The fourth-order valence-corrected chi connectivity index (χ4v) is 1.80. The van der Waals surface area contributed by atoms with Crippen LogP contribution in [-0.2, 0) is 0 Å². The second-order valence-electron chi connectivity index (χ2n) is 3.85. The van der Waals surface area contributed by atoms with Crippen LogP contribution in [0.25, 0.3) is 11.0 Å². The fraction of sp³-hybridized carbons (Fsp3) is 0.364. The molecule has 2 aromatic rings. The molecule has 0 unspecified atom stereocenters. The topological polar surface area (TPSA) is 40.7 Å². The first kappa shape index (κ1) is 7.85. The monoisotopic (exact) mass is 187 g/mol. The Labute approximate surface area is 82.5 Å². The van der Waals surface area contributed by atoms with Crippen molar-refractivity contribution in [1.82, 2.24) is 9.97 Å². The summed E-state index contributed by atoms with van der Waals surface area (Å²) in [5, 5.41) is 3.16. The molecule has 1 aromatic carbocycles. The number of fused-ring (bicyclic) bond motifs is 1. The van der Waals surface area contributed by atoms with E-state index in [4.69, 9.17) is 0 Å². The lowest BCUT2D eigenvalue weighted by Gasteiger charge is -1.98. The number of hydrogen-bond donors (Lipinski definition) is 2. The summed E-state index contributed by atoms with van der Waals surface area (Å²) >= 11 is 0. The molecule has 1 saturated carbocycles. The zero-order valence-corrected chi connectivity index (χ0v) is 8.17. The minimum atomic E-state index is 0.687. The van der Waals surface area contributed by atoms with Gasteiger partial charge in [0.15, 0.2) is 0 Å². The summed E-state index contributed by atoms with van der Waals surface area (Å²) in [6, 6.07) is 6.18. The lowest BCUT2D eigenvalue weighted by molar-refractivity contribution is 0.986. The molecule has 3 rings (SSSR count). The first-order chi connectivity index (χ1) is 6.88. The number of hydrogen-bond acceptors (Lipinski definition) is 2. The van der Waals surface area contributed by atoms with E-state index in [1.54, 1.807) is 0 Å². The van der Waals surface area contributed by atoms with Gasteiger partial charge in [-0.1, -0.05) is 6.07 Å². The van der Waals surface area contributed by atoms with Crippen molar-refractivity contribution < 1.29 is 0 Å². The zero-order valence-electron chi connectivity index (χ0n) is 8.17. The number of H-pyrrole nitrogens is 1. The molecule has 0 atom stereocenters. The molecule has 3 heteroatoms. The molecule has 1 fully saturated rings. The van der Waals surface area contributed by atoms with Crippen LogP contribution in [0.5, 0.6) is 0 Å². The van der Waals surface area contributed by atoms with E-state index >= 15 is 0 Å². The second-order valence-corrected chi connectivity index (χ2v) is 3.85. The standard InChI is InChI=1S/C11H13N3/c1-12-8-3-2-4-9-10(8)14-11(13-9)7-5-6-7/h2-4,7,12H,5-6H2,1H3,(H,13,14). The van der Waals surface area contributed by atoms with Gasteiger partial charge in [-0.3, -0.25) is 0 Å². The van der Waals surface area contributed by atoms with Crippen LogP contribution in [0.4, 0.5) is 5.69 Å². The summed E-state index contributed by atoms with van der Waals surface area (Å²) in [6.45, 7) is 0.